The number of carbonyl (C=O) groups excluding carboxylic acids is 2. The number of hydrogen-bond acceptors (Lipinski definition) is 7. The molecule has 1 amide bonds. The molecule has 0 spiro atoms. The summed E-state index contributed by atoms with van der Waals surface area (Å²) < 4.78 is 6.27. The van der Waals surface area contributed by atoms with Gasteiger partial charge >= 0.3 is 5.97 Å². The lowest BCUT2D eigenvalue weighted by Gasteiger charge is -2.10. The number of esters is 1. The van der Waals surface area contributed by atoms with Crippen LogP contribution in [0.3, 0.4) is 0 Å². The van der Waals surface area contributed by atoms with Crippen LogP contribution in [-0.2, 0) is 9.53 Å². The molecular weight excluding hydrogens is 318 g/mol. The van der Waals surface area contributed by atoms with Crippen LogP contribution in [0.1, 0.15) is 23.1 Å². The van der Waals surface area contributed by atoms with E-state index < -0.39 is 5.97 Å². The molecule has 0 saturated heterocycles. The number of amides is 1. The Kier molecular flexibility index (Phi) is 5.58. The number of aryl methyl sites for hydroxylation is 1. The quantitative estimate of drug-likeness (QED) is 0.463. The number of hydrogen-bond donors (Lipinski definition) is 2. The third-order valence-electron chi connectivity index (χ3n) is 2.86. The molecule has 122 valence electrons. The number of nitrogen functional groups attached to an aromatic ring is 1. The predicted molar refractivity (Wildman–Crippen MR) is 86.7 cm³/mol. The van der Waals surface area contributed by atoms with E-state index in [9.17, 15) is 9.59 Å². The summed E-state index contributed by atoms with van der Waals surface area (Å²) in [4.78, 5) is 23.9. The number of nitrogens with one attached hydrogen (secondary N) is 1. The van der Waals surface area contributed by atoms with E-state index in [4.69, 9.17) is 10.6 Å². The molecule has 0 bridgehead atoms. The third-order valence-corrected chi connectivity index (χ3v) is 3.81. The van der Waals surface area contributed by atoms with Crippen LogP contribution in [0.25, 0.3) is 0 Å². The number of rotatable bonds is 6. The van der Waals surface area contributed by atoms with Gasteiger partial charge in [-0.05, 0) is 26.0 Å². The van der Waals surface area contributed by atoms with Crippen LogP contribution in [0.5, 0.6) is 0 Å². The first-order chi connectivity index (χ1) is 11.0. The Hall–Kier alpha value is -2.55. The zero-order chi connectivity index (χ0) is 16.8. The van der Waals surface area contributed by atoms with E-state index in [0.29, 0.717) is 22.2 Å². The van der Waals surface area contributed by atoms with Gasteiger partial charge in [0.25, 0.3) is 0 Å². The summed E-state index contributed by atoms with van der Waals surface area (Å²) in [6.45, 7) is 3.70. The van der Waals surface area contributed by atoms with Crippen LogP contribution < -0.4 is 11.2 Å². The number of thioether (sulfide) groups is 1. The minimum atomic E-state index is -0.478. The molecule has 0 saturated carbocycles. The van der Waals surface area contributed by atoms with Gasteiger partial charge in [-0.2, -0.15) is 0 Å². The van der Waals surface area contributed by atoms with E-state index in [1.807, 2.05) is 0 Å². The van der Waals surface area contributed by atoms with Gasteiger partial charge in [0.15, 0.2) is 0 Å². The SMILES string of the molecule is CCOC(=O)c1ccccc1NC(=O)CSc1nnc(C)n1N. The molecule has 0 unspecified atom stereocenters. The third kappa shape index (κ3) is 4.22. The number of nitrogens with zero attached hydrogens (tertiary/aromatic N) is 3. The van der Waals surface area contributed by atoms with Crippen LogP contribution in [0.15, 0.2) is 29.4 Å². The van der Waals surface area contributed by atoms with Crippen LogP contribution in [0.2, 0.25) is 0 Å². The zero-order valence-corrected chi connectivity index (χ0v) is 13.6. The zero-order valence-electron chi connectivity index (χ0n) is 12.8. The standard InChI is InChI=1S/C14H17N5O3S/c1-3-22-13(21)10-6-4-5-7-11(10)16-12(20)8-23-14-18-17-9(2)19(14)15/h4-7H,3,8,15H2,1-2H3,(H,16,20). The normalized spacial score (nSPS) is 10.3. The minimum absolute atomic E-state index is 0.0898. The first kappa shape index (κ1) is 16.8. The van der Waals surface area contributed by atoms with Gasteiger partial charge < -0.3 is 15.9 Å². The van der Waals surface area contributed by atoms with Crippen molar-refractivity contribution in [1.29, 1.82) is 0 Å². The Bertz CT molecular complexity index is 716. The highest BCUT2D eigenvalue weighted by Crippen LogP contribution is 2.18. The Morgan fingerprint density at radius 2 is 2.09 bits per heavy atom. The monoisotopic (exact) mass is 335 g/mol. The maximum atomic E-state index is 12.1. The topological polar surface area (TPSA) is 112 Å². The average molecular weight is 335 g/mol. The second kappa shape index (κ2) is 7.63. The Morgan fingerprint density at radius 3 is 2.74 bits per heavy atom. The fourth-order valence-corrected chi connectivity index (χ4v) is 2.45. The lowest BCUT2D eigenvalue weighted by molar-refractivity contribution is -0.113. The smallest absolute Gasteiger partial charge is 0.340 e. The molecule has 1 aromatic carbocycles. The van der Waals surface area contributed by atoms with Gasteiger partial charge in [0, 0.05) is 0 Å². The molecule has 2 aromatic rings. The van der Waals surface area contributed by atoms with Crippen molar-refractivity contribution in [3.8, 4) is 0 Å². The molecule has 0 atom stereocenters. The van der Waals surface area contributed by atoms with Gasteiger partial charge in [-0.3, -0.25) is 4.79 Å². The van der Waals surface area contributed by atoms with Gasteiger partial charge in [0.1, 0.15) is 5.82 Å². The summed E-state index contributed by atoms with van der Waals surface area (Å²) in [5.41, 5.74) is 0.715. The second-order valence-corrected chi connectivity index (χ2v) is 5.45. The van der Waals surface area contributed by atoms with E-state index in [0.717, 1.165) is 11.8 Å². The average Bonchev–Trinajstić information content (AvgIpc) is 2.85. The van der Waals surface area contributed by atoms with E-state index in [1.54, 1.807) is 38.1 Å². The fraction of sp³-hybridized carbons (Fsp3) is 0.286. The number of benzene rings is 1. The van der Waals surface area contributed by atoms with Crippen LogP contribution in [-0.4, -0.2) is 39.1 Å². The first-order valence-corrected chi connectivity index (χ1v) is 7.87. The number of ether oxygens (including phenoxy) is 1. The van der Waals surface area contributed by atoms with Gasteiger partial charge in [-0.25, -0.2) is 9.47 Å². The van der Waals surface area contributed by atoms with Gasteiger partial charge in [0.2, 0.25) is 11.1 Å². The van der Waals surface area contributed by atoms with E-state index in [-0.39, 0.29) is 18.3 Å². The molecule has 0 aliphatic heterocycles. The Labute approximate surface area is 137 Å². The molecule has 23 heavy (non-hydrogen) atoms. The summed E-state index contributed by atoms with van der Waals surface area (Å²) in [6.07, 6.45) is 0. The van der Waals surface area contributed by atoms with E-state index in [2.05, 4.69) is 15.5 Å². The van der Waals surface area contributed by atoms with Crippen molar-refractivity contribution < 1.29 is 14.3 Å². The molecule has 0 aliphatic carbocycles. The molecule has 9 heteroatoms. The maximum absolute atomic E-state index is 12.1. The maximum Gasteiger partial charge on any atom is 0.340 e. The number of carbonyl (C=O) groups is 2. The molecule has 0 fully saturated rings. The number of nitrogens with two attached hydrogens (primary N) is 1. The summed E-state index contributed by atoms with van der Waals surface area (Å²) in [5, 5.41) is 10.8. The van der Waals surface area contributed by atoms with Crippen molar-refractivity contribution >= 4 is 29.3 Å². The lowest BCUT2D eigenvalue weighted by atomic mass is 10.2. The van der Waals surface area contributed by atoms with Crippen molar-refractivity contribution in [1.82, 2.24) is 14.9 Å². The largest absolute Gasteiger partial charge is 0.462 e. The fourth-order valence-electron chi connectivity index (χ4n) is 1.74. The molecule has 8 nitrogen and oxygen atoms in total. The van der Waals surface area contributed by atoms with Gasteiger partial charge in [0.05, 0.1) is 23.6 Å². The van der Waals surface area contributed by atoms with Crippen LogP contribution >= 0.6 is 11.8 Å². The predicted octanol–water partition coefficient (Wildman–Crippen LogP) is 1.21. The number of para-hydroxylation sites is 1. The van der Waals surface area contributed by atoms with Crippen molar-refractivity contribution in [3.05, 3.63) is 35.7 Å². The Balaban J connectivity index is 2.00. The van der Waals surface area contributed by atoms with Gasteiger partial charge in [-0.1, -0.05) is 23.9 Å². The highest BCUT2D eigenvalue weighted by atomic mass is 32.2. The van der Waals surface area contributed by atoms with Crippen molar-refractivity contribution in [2.24, 2.45) is 0 Å². The summed E-state index contributed by atoms with van der Waals surface area (Å²) in [5.74, 6) is 5.60. The molecule has 2 rings (SSSR count). The van der Waals surface area contributed by atoms with Gasteiger partial charge in [-0.15, -0.1) is 10.2 Å². The van der Waals surface area contributed by atoms with E-state index >= 15 is 0 Å². The first-order valence-electron chi connectivity index (χ1n) is 6.88. The highest BCUT2D eigenvalue weighted by molar-refractivity contribution is 7.99. The lowest BCUT2D eigenvalue weighted by Crippen LogP contribution is -2.18. The van der Waals surface area contributed by atoms with Crippen molar-refractivity contribution in [3.63, 3.8) is 0 Å². The molecule has 1 heterocycles. The highest BCUT2D eigenvalue weighted by Gasteiger charge is 2.15. The summed E-state index contributed by atoms with van der Waals surface area (Å²) in [6, 6.07) is 6.67. The Morgan fingerprint density at radius 1 is 1.35 bits per heavy atom. The number of aromatic nitrogens is 3. The molecule has 0 aliphatic rings. The minimum Gasteiger partial charge on any atom is -0.462 e. The molecule has 1 aromatic heterocycles. The summed E-state index contributed by atoms with van der Waals surface area (Å²) in [7, 11) is 0. The molecule has 0 radical (unpaired) electrons. The van der Waals surface area contributed by atoms with Crippen molar-refractivity contribution in [2.45, 2.75) is 19.0 Å². The van der Waals surface area contributed by atoms with Crippen LogP contribution in [0, 0.1) is 6.92 Å². The summed E-state index contributed by atoms with van der Waals surface area (Å²) >= 11 is 1.16. The molecule has 3 N–H and O–H groups in total. The van der Waals surface area contributed by atoms with Crippen molar-refractivity contribution in [2.75, 3.05) is 23.5 Å². The molecular formula is C14H17N5O3S. The van der Waals surface area contributed by atoms with E-state index in [1.165, 1.54) is 4.68 Å². The second-order valence-electron chi connectivity index (χ2n) is 4.50. The number of anilines is 1. The van der Waals surface area contributed by atoms with Crippen LogP contribution in [0.4, 0.5) is 5.69 Å².